The molecule has 1 heterocycles. The summed E-state index contributed by atoms with van der Waals surface area (Å²) in [4.78, 5) is 12.2. The lowest BCUT2D eigenvalue weighted by Crippen LogP contribution is -2.25. The number of benzene rings is 2. The number of carbonyl (C=O) groups is 1. The van der Waals surface area contributed by atoms with Crippen LogP contribution in [0.2, 0.25) is 5.02 Å². The van der Waals surface area contributed by atoms with Gasteiger partial charge in [0.05, 0.1) is 11.4 Å². The van der Waals surface area contributed by atoms with Crippen LogP contribution < -0.4 is 5.32 Å². The molecule has 0 fully saturated rings. The topological polar surface area (TPSA) is 67.0 Å². The molecule has 0 aliphatic rings. The number of H-pyrrole nitrogens is 1. The number of carbonyl (C=O) groups excluding carboxylic acids is 1. The summed E-state index contributed by atoms with van der Waals surface area (Å²) < 4.78 is 5.41. The van der Waals surface area contributed by atoms with Gasteiger partial charge in [-0.15, -0.1) is 0 Å². The van der Waals surface area contributed by atoms with Gasteiger partial charge in [-0.25, -0.2) is 0 Å². The Morgan fingerprint density at radius 1 is 1.07 bits per heavy atom. The third kappa shape index (κ3) is 5.44. The largest absolute Gasteiger partial charge is 0.381 e. The molecule has 6 heteroatoms. The van der Waals surface area contributed by atoms with E-state index in [4.69, 9.17) is 16.3 Å². The number of hydrogen-bond donors (Lipinski definition) is 2. The Morgan fingerprint density at radius 2 is 1.79 bits per heavy atom. The second-order valence-electron chi connectivity index (χ2n) is 6.47. The fourth-order valence-electron chi connectivity index (χ4n) is 2.76. The van der Waals surface area contributed by atoms with Gasteiger partial charge in [0.15, 0.2) is 0 Å². The van der Waals surface area contributed by atoms with E-state index < -0.39 is 0 Å². The van der Waals surface area contributed by atoms with Gasteiger partial charge in [0.2, 0.25) is 0 Å². The van der Waals surface area contributed by atoms with Crippen molar-refractivity contribution in [1.29, 1.82) is 0 Å². The van der Waals surface area contributed by atoms with Crippen molar-refractivity contribution in [3.63, 3.8) is 0 Å². The molecule has 2 aromatic carbocycles. The third-order valence-electron chi connectivity index (χ3n) is 4.28. The lowest BCUT2D eigenvalue weighted by molar-refractivity contribution is 0.0941. The van der Waals surface area contributed by atoms with Gasteiger partial charge >= 0.3 is 0 Å². The van der Waals surface area contributed by atoms with Gasteiger partial charge in [-0.3, -0.25) is 9.89 Å². The van der Waals surface area contributed by atoms with E-state index in [0.29, 0.717) is 23.7 Å². The van der Waals surface area contributed by atoms with E-state index in [2.05, 4.69) is 22.4 Å². The van der Waals surface area contributed by atoms with Crippen molar-refractivity contribution >= 4 is 17.5 Å². The Balaban J connectivity index is 1.57. The number of aromatic nitrogens is 2. The molecule has 0 spiro atoms. The Kier molecular flexibility index (Phi) is 7.23. The highest BCUT2D eigenvalue weighted by Gasteiger charge is 2.08. The van der Waals surface area contributed by atoms with Gasteiger partial charge in [0, 0.05) is 35.9 Å². The lowest BCUT2D eigenvalue weighted by atomic mass is 10.1. The van der Waals surface area contributed by atoms with Crippen LogP contribution in [0.5, 0.6) is 0 Å². The highest BCUT2D eigenvalue weighted by Crippen LogP contribution is 2.25. The summed E-state index contributed by atoms with van der Waals surface area (Å²) in [5, 5.41) is 11.0. The first-order chi connectivity index (χ1) is 13.7. The van der Waals surface area contributed by atoms with Gasteiger partial charge in [0.1, 0.15) is 0 Å². The van der Waals surface area contributed by atoms with E-state index in [1.54, 1.807) is 0 Å². The molecule has 146 valence electrons. The van der Waals surface area contributed by atoms with Crippen molar-refractivity contribution in [1.82, 2.24) is 15.5 Å². The summed E-state index contributed by atoms with van der Waals surface area (Å²) >= 11 is 5.94. The van der Waals surface area contributed by atoms with Gasteiger partial charge < -0.3 is 10.1 Å². The van der Waals surface area contributed by atoms with Gasteiger partial charge in [-0.05, 0) is 48.7 Å². The van der Waals surface area contributed by atoms with Crippen molar-refractivity contribution in [2.75, 3.05) is 19.8 Å². The number of hydrogen-bond acceptors (Lipinski definition) is 3. The number of amides is 1. The molecule has 0 saturated carbocycles. The first kappa shape index (κ1) is 20.1. The van der Waals surface area contributed by atoms with Crippen LogP contribution in [-0.4, -0.2) is 35.9 Å². The minimum Gasteiger partial charge on any atom is -0.381 e. The minimum atomic E-state index is -0.0778. The number of nitrogens with one attached hydrogen (secondary N) is 2. The van der Waals surface area contributed by atoms with Crippen molar-refractivity contribution in [3.05, 3.63) is 65.2 Å². The number of ether oxygens (including phenoxy) is 1. The molecular formula is C22H24ClN3O2. The third-order valence-corrected chi connectivity index (χ3v) is 4.53. The number of nitrogens with zero attached hydrogens (tertiary/aromatic N) is 1. The Labute approximate surface area is 170 Å². The Bertz CT molecular complexity index is 889. The molecule has 0 bridgehead atoms. The SMILES string of the molecule is CCCOCCCNC(=O)c1ccc(-c2cc(-c3ccc(Cl)cc3)[nH]n2)cc1. The average molecular weight is 398 g/mol. The molecule has 5 nitrogen and oxygen atoms in total. The summed E-state index contributed by atoms with van der Waals surface area (Å²) in [6.45, 7) is 4.12. The molecular weight excluding hydrogens is 374 g/mol. The van der Waals surface area contributed by atoms with Gasteiger partial charge in [0.25, 0.3) is 5.91 Å². The highest BCUT2D eigenvalue weighted by molar-refractivity contribution is 6.30. The predicted molar refractivity (Wildman–Crippen MR) is 113 cm³/mol. The molecule has 3 aromatic rings. The van der Waals surface area contributed by atoms with Crippen LogP contribution in [-0.2, 0) is 4.74 Å². The van der Waals surface area contributed by atoms with E-state index in [0.717, 1.165) is 42.0 Å². The van der Waals surface area contributed by atoms with Crippen LogP contribution in [0.15, 0.2) is 54.6 Å². The van der Waals surface area contributed by atoms with Crippen LogP contribution in [0.3, 0.4) is 0 Å². The molecule has 0 unspecified atom stereocenters. The Hall–Kier alpha value is -2.63. The predicted octanol–water partition coefficient (Wildman–Crippen LogP) is 4.94. The van der Waals surface area contributed by atoms with Crippen molar-refractivity contribution in [2.45, 2.75) is 19.8 Å². The zero-order valence-corrected chi connectivity index (χ0v) is 16.6. The van der Waals surface area contributed by atoms with Gasteiger partial charge in [-0.2, -0.15) is 5.10 Å². The van der Waals surface area contributed by atoms with E-state index >= 15 is 0 Å². The maximum absolute atomic E-state index is 12.2. The number of halogens is 1. The number of rotatable bonds is 9. The smallest absolute Gasteiger partial charge is 0.251 e. The highest BCUT2D eigenvalue weighted by atomic mass is 35.5. The van der Waals surface area contributed by atoms with Crippen molar-refractivity contribution in [3.8, 4) is 22.5 Å². The summed E-state index contributed by atoms with van der Waals surface area (Å²) in [5.74, 6) is -0.0778. The first-order valence-corrected chi connectivity index (χ1v) is 9.83. The second-order valence-corrected chi connectivity index (χ2v) is 6.91. The van der Waals surface area contributed by atoms with Gasteiger partial charge in [-0.1, -0.05) is 42.8 Å². The quantitative estimate of drug-likeness (QED) is 0.502. The average Bonchev–Trinajstić information content (AvgIpc) is 3.21. The number of aromatic amines is 1. The molecule has 1 aromatic heterocycles. The van der Waals surface area contributed by atoms with E-state index in [1.807, 2.05) is 54.6 Å². The maximum Gasteiger partial charge on any atom is 0.251 e. The van der Waals surface area contributed by atoms with Crippen LogP contribution >= 0.6 is 11.6 Å². The fourth-order valence-corrected chi connectivity index (χ4v) is 2.89. The Morgan fingerprint density at radius 3 is 2.50 bits per heavy atom. The van der Waals surface area contributed by atoms with E-state index in [1.165, 1.54) is 0 Å². The summed E-state index contributed by atoms with van der Waals surface area (Å²) in [5.41, 5.74) is 4.33. The van der Waals surface area contributed by atoms with Crippen molar-refractivity contribution in [2.24, 2.45) is 0 Å². The van der Waals surface area contributed by atoms with Crippen LogP contribution in [0.25, 0.3) is 22.5 Å². The zero-order valence-electron chi connectivity index (χ0n) is 15.9. The molecule has 0 saturated heterocycles. The molecule has 0 radical (unpaired) electrons. The monoisotopic (exact) mass is 397 g/mol. The molecule has 0 aliphatic heterocycles. The molecule has 3 rings (SSSR count). The van der Waals surface area contributed by atoms with Crippen LogP contribution in [0, 0.1) is 0 Å². The fraction of sp³-hybridized carbons (Fsp3) is 0.273. The van der Waals surface area contributed by atoms with E-state index in [-0.39, 0.29) is 5.91 Å². The lowest BCUT2D eigenvalue weighted by Gasteiger charge is -2.06. The molecule has 0 atom stereocenters. The molecule has 2 N–H and O–H groups in total. The molecule has 0 aliphatic carbocycles. The first-order valence-electron chi connectivity index (χ1n) is 9.45. The van der Waals surface area contributed by atoms with Crippen molar-refractivity contribution < 1.29 is 9.53 Å². The zero-order chi connectivity index (χ0) is 19.8. The second kappa shape index (κ2) is 10.1. The molecule has 28 heavy (non-hydrogen) atoms. The van der Waals surface area contributed by atoms with Crippen LogP contribution in [0.1, 0.15) is 30.1 Å². The van der Waals surface area contributed by atoms with Crippen LogP contribution in [0.4, 0.5) is 0 Å². The normalized spacial score (nSPS) is 10.8. The summed E-state index contributed by atoms with van der Waals surface area (Å²) in [6.07, 6.45) is 1.82. The minimum absolute atomic E-state index is 0.0778. The van der Waals surface area contributed by atoms with E-state index in [9.17, 15) is 4.79 Å². The summed E-state index contributed by atoms with van der Waals surface area (Å²) in [6, 6.07) is 17.0. The molecule has 1 amide bonds. The maximum atomic E-state index is 12.2. The standard InChI is InChI=1S/C22H24ClN3O2/c1-2-13-28-14-3-12-24-22(27)18-6-4-16(5-7-18)20-15-21(26-25-20)17-8-10-19(23)11-9-17/h4-11,15H,2-3,12-14H2,1H3,(H,24,27)(H,25,26). The summed E-state index contributed by atoms with van der Waals surface area (Å²) in [7, 11) is 0.